The Kier molecular flexibility index (Phi) is 5.99. The summed E-state index contributed by atoms with van der Waals surface area (Å²) < 4.78 is 10.4. The van der Waals surface area contributed by atoms with Crippen molar-refractivity contribution < 1.29 is 29.3 Å². The van der Waals surface area contributed by atoms with Gasteiger partial charge in [0.2, 0.25) is 0 Å². The lowest BCUT2D eigenvalue weighted by atomic mass is 10.2. The molecule has 0 atom stereocenters. The van der Waals surface area contributed by atoms with Gasteiger partial charge in [0.15, 0.2) is 0 Å². The molecule has 0 heterocycles. The molecule has 0 unspecified atom stereocenters. The van der Waals surface area contributed by atoms with Crippen molar-refractivity contribution in [3.8, 4) is 11.5 Å². The van der Waals surface area contributed by atoms with E-state index in [1.54, 1.807) is 24.3 Å². The molecular weight excluding hydrogens is 352 g/mol. The third-order valence-electron chi connectivity index (χ3n) is 3.07. The molecule has 0 radical (unpaired) electrons. The third kappa shape index (κ3) is 3.77. The normalized spacial score (nSPS) is 10.2. The number of carboxylic acids is 2. The van der Waals surface area contributed by atoms with Crippen LogP contribution in [0.15, 0.2) is 46.2 Å². The second-order valence-electron chi connectivity index (χ2n) is 4.45. The third-order valence-corrected chi connectivity index (χ3v) is 5.58. The molecule has 0 saturated heterocycles. The Bertz CT molecular complexity index is 710. The minimum Gasteiger partial charge on any atom is -0.496 e. The van der Waals surface area contributed by atoms with E-state index in [1.807, 2.05) is 0 Å². The van der Waals surface area contributed by atoms with Crippen molar-refractivity contribution in [2.45, 2.75) is 9.79 Å². The molecule has 0 fully saturated rings. The monoisotopic (exact) mass is 366 g/mol. The Morgan fingerprint density at radius 3 is 1.46 bits per heavy atom. The summed E-state index contributed by atoms with van der Waals surface area (Å²) in [6, 6.07) is 9.40. The van der Waals surface area contributed by atoms with Crippen LogP contribution in [0.25, 0.3) is 0 Å². The zero-order valence-electron chi connectivity index (χ0n) is 12.8. The lowest BCUT2D eigenvalue weighted by molar-refractivity contribution is 0.0681. The number of ether oxygens (including phenoxy) is 2. The van der Waals surface area contributed by atoms with E-state index in [-0.39, 0.29) is 11.1 Å². The molecule has 6 nitrogen and oxygen atoms in total. The fourth-order valence-corrected chi connectivity index (χ4v) is 4.60. The maximum Gasteiger partial charge on any atom is 0.337 e. The van der Waals surface area contributed by atoms with Crippen LogP contribution in [0.1, 0.15) is 20.7 Å². The van der Waals surface area contributed by atoms with Crippen LogP contribution in [0.4, 0.5) is 0 Å². The number of hydrogen-bond donors (Lipinski definition) is 2. The predicted molar refractivity (Wildman–Crippen MR) is 91.6 cm³/mol. The maximum atomic E-state index is 11.4. The average Bonchev–Trinajstić information content (AvgIpc) is 2.58. The van der Waals surface area contributed by atoms with Gasteiger partial charge in [0, 0.05) is 0 Å². The van der Waals surface area contributed by atoms with E-state index in [0.717, 1.165) is 21.6 Å². The lowest BCUT2D eigenvalue weighted by Crippen LogP contribution is -2.01. The number of carbonyl (C=O) groups is 2. The summed E-state index contributed by atoms with van der Waals surface area (Å²) in [5.41, 5.74) is 0.164. The largest absolute Gasteiger partial charge is 0.496 e. The SMILES string of the molecule is COc1cccc(C(=O)O)c1SSc1c(OC)cccc1C(=O)O. The molecule has 0 aliphatic rings. The van der Waals surface area contributed by atoms with Crippen LogP contribution in [0.5, 0.6) is 11.5 Å². The summed E-state index contributed by atoms with van der Waals surface area (Å²) in [6.45, 7) is 0. The van der Waals surface area contributed by atoms with Gasteiger partial charge in [-0.3, -0.25) is 0 Å². The Hall–Kier alpha value is -2.32. The number of methoxy groups -OCH3 is 2. The molecule has 0 aliphatic carbocycles. The topological polar surface area (TPSA) is 93.1 Å². The van der Waals surface area contributed by atoms with Crippen LogP contribution in [0, 0.1) is 0 Å². The van der Waals surface area contributed by atoms with Crippen molar-refractivity contribution in [1.29, 1.82) is 0 Å². The highest BCUT2D eigenvalue weighted by Crippen LogP contribution is 2.47. The summed E-state index contributed by atoms with van der Waals surface area (Å²) >= 11 is 0. The van der Waals surface area contributed by atoms with Crippen molar-refractivity contribution in [1.82, 2.24) is 0 Å². The number of rotatable bonds is 7. The number of hydrogen-bond acceptors (Lipinski definition) is 6. The van der Waals surface area contributed by atoms with Crippen molar-refractivity contribution >= 4 is 33.5 Å². The second kappa shape index (κ2) is 7.98. The molecule has 8 heteroatoms. The molecule has 24 heavy (non-hydrogen) atoms. The highest BCUT2D eigenvalue weighted by molar-refractivity contribution is 8.76. The molecular formula is C16H14O6S2. The predicted octanol–water partition coefficient (Wildman–Crippen LogP) is 3.90. The van der Waals surface area contributed by atoms with Gasteiger partial charge in [-0.15, -0.1) is 0 Å². The van der Waals surface area contributed by atoms with E-state index in [2.05, 4.69) is 0 Å². The standard InChI is InChI=1S/C16H14O6S2/c1-21-11-7-3-5-9(15(17)18)13(11)23-24-14-10(16(19)20)6-4-8-12(14)22-2/h3-8H,1-2H3,(H,17,18)(H,19,20). The molecule has 2 aromatic rings. The lowest BCUT2D eigenvalue weighted by Gasteiger charge is -2.13. The summed E-state index contributed by atoms with van der Waals surface area (Å²) in [7, 11) is 5.11. The van der Waals surface area contributed by atoms with Crippen LogP contribution in [-0.4, -0.2) is 36.4 Å². The van der Waals surface area contributed by atoms with Gasteiger partial charge in [-0.05, 0) is 45.9 Å². The van der Waals surface area contributed by atoms with Gasteiger partial charge < -0.3 is 19.7 Å². The zero-order valence-corrected chi connectivity index (χ0v) is 14.4. The fourth-order valence-electron chi connectivity index (χ4n) is 1.95. The number of carboxylic acid groups (broad SMARTS) is 2. The molecule has 0 saturated carbocycles. The van der Waals surface area contributed by atoms with E-state index in [0.29, 0.717) is 21.3 Å². The van der Waals surface area contributed by atoms with E-state index >= 15 is 0 Å². The Morgan fingerprint density at radius 2 is 1.17 bits per heavy atom. The van der Waals surface area contributed by atoms with E-state index in [1.165, 1.54) is 26.4 Å². The maximum absolute atomic E-state index is 11.4. The molecule has 0 spiro atoms. The van der Waals surface area contributed by atoms with Gasteiger partial charge in [0.05, 0.1) is 35.1 Å². The minimum atomic E-state index is -1.09. The molecule has 2 aromatic carbocycles. The number of aromatic carboxylic acids is 2. The molecule has 2 N–H and O–H groups in total. The summed E-state index contributed by atoms with van der Waals surface area (Å²) in [5, 5.41) is 18.7. The van der Waals surface area contributed by atoms with Gasteiger partial charge >= 0.3 is 11.9 Å². The van der Waals surface area contributed by atoms with Crippen LogP contribution < -0.4 is 9.47 Å². The van der Waals surface area contributed by atoms with E-state index in [9.17, 15) is 19.8 Å². The molecule has 126 valence electrons. The minimum absolute atomic E-state index is 0.0821. The van der Waals surface area contributed by atoms with Crippen LogP contribution >= 0.6 is 21.6 Å². The molecule has 0 aromatic heterocycles. The Balaban J connectivity index is 2.42. The van der Waals surface area contributed by atoms with E-state index < -0.39 is 11.9 Å². The van der Waals surface area contributed by atoms with Gasteiger partial charge in [-0.1, -0.05) is 12.1 Å². The Labute approximate surface area is 146 Å². The highest BCUT2D eigenvalue weighted by Gasteiger charge is 2.20. The van der Waals surface area contributed by atoms with Crippen molar-refractivity contribution in [2.24, 2.45) is 0 Å². The van der Waals surface area contributed by atoms with Gasteiger partial charge in [-0.2, -0.15) is 0 Å². The molecule has 0 bridgehead atoms. The van der Waals surface area contributed by atoms with Gasteiger partial charge in [0.25, 0.3) is 0 Å². The first-order valence-electron chi connectivity index (χ1n) is 6.64. The van der Waals surface area contributed by atoms with Crippen LogP contribution in [0.3, 0.4) is 0 Å². The van der Waals surface area contributed by atoms with Crippen LogP contribution in [0.2, 0.25) is 0 Å². The first-order valence-corrected chi connectivity index (χ1v) is 8.79. The second-order valence-corrected chi connectivity index (χ2v) is 6.60. The smallest absolute Gasteiger partial charge is 0.337 e. The highest BCUT2D eigenvalue weighted by atomic mass is 33.1. The quantitative estimate of drug-likeness (QED) is 0.713. The van der Waals surface area contributed by atoms with Gasteiger partial charge in [0.1, 0.15) is 11.5 Å². The molecule has 2 rings (SSSR count). The van der Waals surface area contributed by atoms with Crippen molar-refractivity contribution in [3.05, 3.63) is 47.5 Å². The van der Waals surface area contributed by atoms with Crippen molar-refractivity contribution in [2.75, 3.05) is 14.2 Å². The first kappa shape index (κ1) is 18.0. The first-order chi connectivity index (χ1) is 11.5. The Morgan fingerprint density at radius 1 is 0.792 bits per heavy atom. The fraction of sp³-hybridized carbons (Fsp3) is 0.125. The van der Waals surface area contributed by atoms with Crippen molar-refractivity contribution in [3.63, 3.8) is 0 Å². The molecule has 0 amide bonds. The summed E-state index contributed by atoms with van der Waals surface area (Å²) in [4.78, 5) is 23.6. The number of benzene rings is 2. The van der Waals surface area contributed by atoms with Gasteiger partial charge in [-0.25, -0.2) is 9.59 Å². The molecule has 0 aliphatic heterocycles. The van der Waals surface area contributed by atoms with Crippen LogP contribution in [-0.2, 0) is 0 Å². The van der Waals surface area contributed by atoms with E-state index in [4.69, 9.17) is 9.47 Å². The zero-order chi connectivity index (χ0) is 17.7. The average molecular weight is 366 g/mol. The summed E-state index contributed by atoms with van der Waals surface area (Å²) in [6.07, 6.45) is 0. The summed E-state index contributed by atoms with van der Waals surface area (Å²) in [5.74, 6) is -1.37.